The van der Waals surface area contributed by atoms with Crippen LogP contribution in [0.2, 0.25) is 0 Å². The van der Waals surface area contributed by atoms with Crippen molar-refractivity contribution in [1.29, 1.82) is 0 Å². The van der Waals surface area contributed by atoms with Crippen LogP contribution in [0, 0.1) is 6.92 Å². The van der Waals surface area contributed by atoms with Crippen LogP contribution in [0.15, 0.2) is 48.5 Å². The molecule has 0 saturated carbocycles. The number of phenolic OH excluding ortho intramolecular Hbond substituents is 1. The van der Waals surface area contributed by atoms with Crippen LogP contribution in [0.3, 0.4) is 0 Å². The summed E-state index contributed by atoms with van der Waals surface area (Å²) in [5, 5.41) is 10.3. The van der Waals surface area contributed by atoms with Crippen molar-refractivity contribution in [3.05, 3.63) is 65.4 Å². The highest BCUT2D eigenvalue weighted by atomic mass is 16.3. The van der Waals surface area contributed by atoms with Crippen LogP contribution in [-0.2, 0) is 11.2 Å². The van der Waals surface area contributed by atoms with E-state index in [-0.39, 0.29) is 17.4 Å². The number of nitrogens with zero attached hydrogens (tertiary/aromatic N) is 1. The van der Waals surface area contributed by atoms with E-state index in [1.807, 2.05) is 31.2 Å². The van der Waals surface area contributed by atoms with E-state index in [2.05, 4.69) is 0 Å². The maximum Gasteiger partial charge on any atom is 0.262 e. The first-order valence-electron chi connectivity index (χ1n) is 7.40. The number of hydrogen-bond acceptors (Lipinski definition) is 3. The number of benzene rings is 2. The van der Waals surface area contributed by atoms with Gasteiger partial charge >= 0.3 is 0 Å². The predicted octanol–water partition coefficient (Wildman–Crippen LogP) is 3.48. The first kappa shape index (κ1) is 15.0. The van der Waals surface area contributed by atoms with Crippen LogP contribution in [-0.4, -0.2) is 21.4 Å². The third-order valence-electron chi connectivity index (χ3n) is 3.88. The molecule has 0 atom stereocenters. The van der Waals surface area contributed by atoms with Crippen LogP contribution in [0.4, 0.5) is 0 Å². The Bertz CT molecular complexity index is 904. The van der Waals surface area contributed by atoms with E-state index in [0.29, 0.717) is 12.0 Å². The van der Waals surface area contributed by atoms with E-state index in [1.54, 1.807) is 23.6 Å². The number of ketones is 1. The lowest BCUT2D eigenvalue weighted by atomic mass is 10.1. The molecule has 4 nitrogen and oxygen atoms in total. The second kappa shape index (κ2) is 5.72. The van der Waals surface area contributed by atoms with Crippen molar-refractivity contribution >= 4 is 22.6 Å². The molecule has 1 N–H and O–H groups in total. The van der Waals surface area contributed by atoms with Gasteiger partial charge in [-0.1, -0.05) is 12.1 Å². The summed E-state index contributed by atoms with van der Waals surface area (Å²) < 4.78 is 1.64. The minimum atomic E-state index is -0.155. The zero-order valence-corrected chi connectivity index (χ0v) is 13.0. The predicted molar refractivity (Wildman–Crippen MR) is 88.9 cm³/mol. The van der Waals surface area contributed by atoms with Gasteiger partial charge in [-0.3, -0.25) is 14.2 Å². The van der Waals surface area contributed by atoms with Gasteiger partial charge in [0.05, 0.1) is 5.52 Å². The quantitative estimate of drug-likeness (QED) is 0.806. The summed E-state index contributed by atoms with van der Waals surface area (Å²) in [6.07, 6.45) is 0.355. The Balaban J connectivity index is 2.14. The fraction of sp³-hybridized carbons (Fsp3) is 0.158. The maximum atomic E-state index is 12.8. The smallest absolute Gasteiger partial charge is 0.262 e. The fourth-order valence-electron chi connectivity index (χ4n) is 2.85. The monoisotopic (exact) mass is 307 g/mol. The molecule has 0 unspecified atom stereocenters. The number of rotatable bonds is 3. The lowest BCUT2D eigenvalue weighted by molar-refractivity contribution is -0.116. The van der Waals surface area contributed by atoms with Gasteiger partial charge in [0, 0.05) is 23.1 Å². The minimum Gasteiger partial charge on any atom is -0.508 e. The van der Waals surface area contributed by atoms with Gasteiger partial charge in [-0.05, 0) is 55.8 Å². The molecule has 1 aromatic heterocycles. The molecule has 2 aromatic carbocycles. The molecule has 23 heavy (non-hydrogen) atoms. The standard InChI is InChI=1S/C19H17NO3/c1-12-10-17-15(11-13(2)21)4-3-5-18(17)20(12)19(23)14-6-8-16(22)9-7-14/h3-10,22H,11H2,1-2H3. The summed E-state index contributed by atoms with van der Waals surface area (Å²) in [7, 11) is 0. The van der Waals surface area contributed by atoms with Crippen LogP contribution in [0.1, 0.15) is 28.5 Å². The molecule has 0 radical (unpaired) electrons. The molecule has 0 bridgehead atoms. The van der Waals surface area contributed by atoms with E-state index >= 15 is 0 Å². The molecule has 0 aliphatic rings. The molecular formula is C19H17NO3. The van der Waals surface area contributed by atoms with Crippen LogP contribution in [0.25, 0.3) is 10.9 Å². The van der Waals surface area contributed by atoms with Gasteiger partial charge in [0.15, 0.2) is 0 Å². The SMILES string of the molecule is CC(=O)Cc1cccc2c1cc(C)n2C(=O)c1ccc(O)cc1. The summed E-state index contributed by atoms with van der Waals surface area (Å²) in [5.41, 5.74) is 3.03. The number of aromatic nitrogens is 1. The van der Waals surface area contributed by atoms with Crippen molar-refractivity contribution in [3.8, 4) is 5.75 Å². The highest BCUT2D eigenvalue weighted by molar-refractivity contribution is 6.04. The molecule has 0 spiro atoms. The molecule has 0 saturated heterocycles. The van der Waals surface area contributed by atoms with E-state index < -0.39 is 0 Å². The Labute approximate surface area is 134 Å². The Kier molecular flexibility index (Phi) is 3.74. The summed E-state index contributed by atoms with van der Waals surface area (Å²) in [5.74, 6) is 0.0598. The summed E-state index contributed by atoms with van der Waals surface area (Å²) in [6.45, 7) is 3.43. The first-order chi connectivity index (χ1) is 11.0. The number of carbonyl (C=O) groups excluding carboxylic acids is 2. The van der Waals surface area contributed by atoms with E-state index in [9.17, 15) is 14.7 Å². The van der Waals surface area contributed by atoms with Gasteiger partial charge in [0.25, 0.3) is 5.91 Å². The van der Waals surface area contributed by atoms with Gasteiger partial charge in [-0.25, -0.2) is 0 Å². The molecule has 0 fully saturated rings. The average Bonchev–Trinajstić information content (AvgIpc) is 2.84. The largest absolute Gasteiger partial charge is 0.508 e. The van der Waals surface area contributed by atoms with Gasteiger partial charge < -0.3 is 5.11 Å². The van der Waals surface area contributed by atoms with Gasteiger partial charge in [-0.15, -0.1) is 0 Å². The highest BCUT2D eigenvalue weighted by Crippen LogP contribution is 2.25. The maximum absolute atomic E-state index is 12.8. The summed E-state index contributed by atoms with van der Waals surface area (Å²) in [4.78, 5) is 24.2. The number of fused-ring (bicyclic) bond motifs is 1. The average molecular weight is 307 g/mol. The molecular weight excluding hydrogens is 290 g/mol. The van der Waals surface area contributed by atoms with E-state index in [0.717, 1.165) is 22.2 Å². The van der Waals surface area contributed by atoms with Crippen LogP contribution >= 0.6 is 0 Å². The number of aryl methyl sites for hydroxylation is 1. The van der Waals surface area contributed by atoms with Crippen LogP contribution < -0.4 is 0 Å². The normalized spacial score (nSPS) is 10.9. The number of hydrogen-bond donors (Lipinski definition) is 1. The molecule has 3 rings (SSSR count). The second-order valence-corrected chi connectivity index (χ2v) is 5.70. The third kappa shape index (κ3) is 2.75. The van der Waals surface area contributed by atoms with Crippen molar-refractivity contribution in [2.45, 2.75) is 20.3 Å². The zero-order chi connectivity index (χ0) is 16.6. The van der Waals surface area contributed by atoms with E-state index in [1.165, 1.54) is 12.1 Å². The Morgan fingerprint density at radius 1 is 1.09 bits per heavy atom. The fourth-order valence-corrected chi connectivity index (χ4v) is 2.85. The third-order valence-corrected chi connectivity index (χ3v) is 3.88. The van der Waals surface area contributed by atoms with Gasteiger partial charge in [0.1, 0.15) is 11.5 Å². The molecule has 116 valence electrons. The molecule has 1 heterocycles. The van der Waals surface area contributed by atoms with Crippen molar-refractivity contribution < 1.29 is 14.7 Å². The zero-order valence-electron chi connectivity index (χ0n) is 13.0. The summed E-state index contributed by atoms with van der Waals surface area (Å²) in [6, 6.07) is 13.8. The van der Waals surface area contributed by atoms with Crippen LogP contribution in [0.5, 0.6) is 5.75 Å². The molecule has 0 amide bonds. The molecule has 3 aromatic rings. The Morgan fingerprint density at radius 2 is 1.78 bits per heavy atom. The highest BCUT2D eigenvalue weighted by Gasteiger charge is 2.16. The topological polar surface area (TPSA) is 59.3 Å². The van der Waals surface area contributed by atoms with Crippen molar-refractivity contribution in [1.82, 2.24) is 4.57 Å². The molecule has 0 aliphatic carbocycles. The van der Waals surface area contributed by atoms with E-state index in [4.69, 9.17) is 0 Å². The number of Topliss-reactive ketones (excluding diaryl/α,β-unsaturated/α-hetero) is 1. The van der Waals surface area contributed by atoms with Crippen molar-refractivity contribution in [2.24, 2.45) is 0 Å². The molecule has 4 heteroatoms. The first-order valence-corrected chi connectivity index (χ1v) is 7.40. The summed E-state index contributed by atoms with van der Waals surface area (Å²) >= 11 is 0. The number of phenols is 1. The second-order valence-electron chi connectivity index (χ2n) is 5.70. The van der Waals surface area contributed by atoms with Crippen molar-refractivity contribution in [3.63, 3.8) is 0 Å². The lowest BCUT2D eigenvalue weighted by Crippen LogP contribution is -2.13. The number of aromatic hydroxyl groups is 1. The van der Waals surface area contributed by atoms with Gasteiger partial charge in [-0.2, -0.15) is 0 Å². The minimum absolute atomic E-state index is 0.0905. The number of carbonyl (C=O) groups is 2. The molecule has 0 aliphatic heterocycles. The Hall–Kier alpha value is -2.88. The Morgan fingerprint density at radius 3 is 2.43 bits per heavy atom. The lowest BCUT2D eigenvalue weighted by Gasteiger charge is -2.08. The van der Waals surface area contributed by atoms with Gasteiger partial charge in [0.2, 0.25) is 0 Å². The van der Waals surface area contributed by atoms with Crippen molar-refractivity contribution in [2.75, 3.05) is 0 Å².